The number of nitriles is 1. The van der Waals surface area contributed by atoms with Crippen LogP contribution in [0.1, 0.15) is 35.6 Å². The molecule has 3 heteroatoms. The van der Waals surface area contributed by atoms with E-state index in [4.69, 9.17) is 16.9 Å². The Kier molecular flexibility index (Phi) is 2.20. The van der Waals surface area contributed by atoms with Gasteiger partial charge in [-0.15, -0.1) is 11.6 Å². The van der Waals surface area contributed by atoms with Gasteiger partial charge in [0.25, 0.3) is 0 Å². The Hall–Kier alpha value is -1.07. The van der Waals surface area contributed by atoms with E-state index in [0.717, 1.165) is 11.3 Å². The lowest BCUT2D eigenvalue weighted by Crippen LogP contribution is -1.93. The van der Waals surface area contributed by atoms with Crippen LogP contribution in [0.25, 0.3) is 0 Å². The molecule has 0 atom stereocenters. The van der Waals surface area contributed by atoms with Gasteiger partial charge in [0.05, 0.1) is 17.1 Å². The number of halogens is 1. The van der Waals surface area contributed by atoms with E-state index in [9.17, 15) is 0 Å². The number of hydrogen-bond donors (Lipinski definition) is 0. The van der Waals surface area contributed by atoms with Crippen LogP contribution < -0.4 is 0 Å². The largest absolute Gasteiger partial charge is 0.259 e. The summed E-state index contributed by atoms with van der Waals surface area (Å²) in [5.41, 5.74) is 2.70. The summed E-state index contributed by atoms with van der Waals surface area (Å²) >= 11 is 5.67. The van der Waals surface area contributed by atoms with E-state index in [1.807, 2.05) is 6.07 Å². The zero-order chi connectivity index (χ0) is 9.26. The van der Waals surface area contributed by atoms with Crippen molar-refractivity contribution in [1.82, 2.24) is 4.98 Å². The first-order valence-electron chi connectivity index (χ1n) is 4.30. The van der Waals surface area contributed by atoms with E-state index < -0.39 is 0 Å². The van der Waals surface area contributed by atoms with Gasteiger partial charge in [-0.05, 0) is 30.4 Å². The molecule has 66 valence electrons. The van der Waals surface area contributed by atoms with Crippen molar-refractivity contribution in [3.63, 3.8) is 0 Å². The predicted octanol–water partition coefficient (Wildman–Crippen LogP) is 2.57. The maximum absolute atomic E-state index is 8.84. The molecule has 0 bridgehead atoms. The van der Waals surface area contributed by atoms with Gasteiger partial charge in [-0.25, -0.2) is 0 Å². The molecule has 0 spiro atoms. The number of hydrogen-bond acceptors (Lipinski definition) is 2. The molecule has 0 aliphatic heterocycles. The number of rotatable bonds is 2. The van der Waals surface area contributed by atoms with Crippen molar-refractivity contribution in [2.24, 2.45) is 0 Å². The van der Waals surface area contributed by atoms with Crippen LogP contribution >= 0.6 is 11.6 Å². The normalized spacial score (nSPS) is 15.4. The zero-order valence-electron chi connectivity index (χ0n) is 7.13. The Bertz CT molecular complexity index is 364. The van der Waals surface area contributed by atoms with Gasteiger partial charge >= 0.3 is 0 Å². The first kappa shape index (κ1) is 8.52. The van der Waals surface area contributed by atoms with Gasteiger partial charge in [0, 0.05) is 6.20 Å². The molecule has 1 aromatic heterocycles. The fourth-order valence-corrected chi connectivity index (χ4v) is 1.56. The summed E-state index contributed by atoms with van der Waals surface area (Å²) in [4.78, 5) is 4.08. The zero-order valence-corrected chi connectivity index (χ0v) is 7.88. The number of aromatic nitrogens is 1. The minimum atomic E-state index is 0.422. The van der Waals surface area contributed by atoms with E-state index >= 15 is 0 Å². The summed E-state index contributed by atoms with van der Waals surface area (Å²) in [5, 5.41) is 8.84. The van der Waals surface area contributed by atoms with Gasteiger partial charge < -0.3 is 0 Å². The van der Waals surface area contributed by atoms with Crippen LogP contribution in [0.2, 0.25) is 0 Å². The minimum Gasteiger partial charge on any atom is -0.259 e. The standard InChI is InChI=1S/C10H9ClN2/c11-4-9-3-10(7-1-2-7)8(5-12)6-13-9/h3,6-7H,1-2,4H2. The van der Waals surface area contributed by atoms with E-state index in [1.165, 1.54) is 12.8 Å². The van der Waals surface area contributed by atoms with Gasteiger partial charge in [0.2, 0.25) is 0 Å². The lowest BCUT2D eigenvalue weighted by Gasteiger charge is -2.02. The van der Waals surface area contributed by atoms with E-state index in [1.54, 1.807) is 6.20 Å². The highest BCUT2D eigenvalue weighted by Gasteiger charge is 2.26. The van der Waals surface area contributed by atoms with Gasteiger partial charge in [0.15, 0.2) is 0 Å². The molecule has 1 aliphatic carbocycles. The molecule has 0 radical (unpaired) electrons. The molecule has 2 rings (SSSR count). The Morgan fingerprint density at radius 2 is 2.38 bits per heavy atom. The van der Waals surface area contributed by atoms with Crippen LogP contribution in [-0.4, -0.2) is 4.98 Å². The third-order valence-corrected chi connectivity index (χ3v) is 2.54. The smallest absolute Gasteiger partial charge is 0.101 e. The number of nitrogens with zero attached hydrogens (tertiary/aromatic N) is 2. The monoisotopic (exact) mass is 192 g/mol. The molecule has 2 nitrogen and oxygen atoms in total. The van der Waals surface area contributed by atoms with Crippen LogP contribution in [-0.2, 0) is 5.88 Å². The Morgan fingerprint density at radius 3 is 2.92 bits per heavy atom. The van der Waals surface area contributed by atoms with Crippen molar-refractivity contribution in [1.29, 1.82) is 5.26 Å². The minimum absolute atomic E-state index is 0.422. The lowest BCUT2D eigenvalue weighted by atomic mass is 10.1. The molecule has 1 saturated carbocycles. The summed E-state index contributed by atoms with van der Waals surface area (Å²) in [6.45, 7) is 0. The summed E-state index contributed by atoms with van der Waals surface area (Å²) in [6.07, 6.45) is 4.02. The van der Waals surface area contributed by atoms with Crippen LogP contribution in [0.3, 0.4) is 0 Å². The Labute approximate surface area is 82.2 Å². The molecule has 1 heterocycles. The molecule has 0 amide bonds. The van der Waals surface area contributed by atoms with Gasteiger partial charge in [0.1, 0.15) is 6.07 Å². The van der Waals surface area contributed by atoms with Gasteiger partial charge in [-0.1, -0.05) is 0 Å². The maximum atomic E-state index is 8.84. The highest BCUT2D eigenvalue weighted by Crippen LogP contribution is 2.41. The first-order chi connectivity index (χ1) is 6.35. The maximum Gasteiger partial charge on any atom is 0.101 e. The van der Waals surface area contributed by atoms with Crippen molar-refractivity contribution in [3.8, 4) is 6.07 Å². The van der Waals surface area contributed by atoms with Crippen LogP contribution in [0.4, 0.5) is 0 Å². The number of pyridine rings is 1. The van der Waals surface area contributed by atoms with Crippen LogP contribution in [0.5, 0.6) is 0 Å². The van der Waals surface area contributed by atoms with Gasteiger partial charge in [-0.3, -0.25) is 4.98 Å². The van der Waals surface area contributed by atoms with Crippen molar-refractivity contribution < 1.29 is 0 Å². The summed E-state index contributed by atoms with van der Waals surface area (Å²) in [7, 11) is 0. The highest BCUT2D eigenvalue weighted by atomic mass is 35.5. The summed E-state index contributed by atoms with van der Waals surface area (Å²) in [6, 6.07) is 4.12. The molecule has 0 saturated heterocycles. The first-order valence-corrected chi connectivity index (χ1v) is 4.83. The molecule has 1 aliphatic rings. The van der Waals surface area contributed by atoms with Crippen molar-refractivity contribution in [2.75, 3.05) is 0 Å². The Morgan fingerprint density at radius 1 is 1.62 bits per heavy atom. The third kappa shape index (κ3) is 1.66. The van der Waals surface area contributed by atoms with Crippen molar-refractivity contribution >= 4 is 11.6 Å². The fraction of sp³-hybridized carbons (Fsp3) is 0.400. The van der Waals surface area contributed by atoms with Crippen molar-refractivity contribution in [2.45, 2.75) is 24.6 Å². The quantitative estimate of drug-likeness (QED) is 0.676. The summed E-state index contributed by atoms with van der Waals surface area (Å²) in [5.74, 6) is 1.01. The summed E-state index contributed by atoms with van der Waals surface area (Å²) < 4.78 is 0. The van der Waals surface area contributed by atoms with Crippen LogP contribution in [0, 0.1) is 11.3 Å². The highest BCUT2D eigenvalue weighted by molar-refractivity contribution is 6.16. The third-order valence-electron chi connectivity index (χ3n) is 2.27. The fourth-order valence-electron chi connectivity index (χ4n) is 1.42. The second kappa shape index (κ2) is 3.35. The average molecular weight is 193 g/mol. The molecule has 1 fully saturated rings. The molecule has 0 N–H and O–H groups in total. The lowest BCUT2D eigenvalue weighted by molar-refractivity contribution is 1.06. The van der Waals surface area contributed by atoms with Crippen LogP contribution in [0.15, 0.2) is 12.3 Å². The molecule has 13 heavy (non-hydrogen) atoms. The molecule has 1 aromatic rings. The molecular weight excluding hydrogens is 184 g/mol. The second-order valence-corrected chi connectivity index (χ2v) is 3.55. The molecule has 0 aromatic carbocycles. The van der Waals surface area contributed by atoms with E-state index in [2.05, 4.69) is 11.1 Å². The second-order valence-electron chi connectivity index (χ2n) is 3.28. The molecule has 0 unspecified atom stereocenters. The average Bonchev–Trinajstić information content (AvgIpc) is 3.00. The van der Waals surface area contributed by atoms with E-state index in [0.29, 0.717) is 17.4 Å². The van der Waals surface area contributed by atoms with Gasteiger partial charge in [-0.2, -0.15) is 5.26 Å². The number of alkyl halides is 1. The molecular formula is C10H9ClN2. The van der Waals surface area contributed by atoms with E-state index in [-0.39, 0.29) is 0 Å². The predicted molar refractivity (Wildman–Crippen MR) is 50.5 cm³/mol. The van der Waals surface area contributed by atoms with Crippen molar-refractivity contribution in [3.05, 3.63) is 29.1 Å². The Balaban J connectivity index is 2.42. The topological polar surface area (TPSA) is 36.7 Å². The SMILES string of the molecule is N#Cc1cnc(CCl)cc1C1CC1.